The van der Waals surface area contributed by atoms with E-state index in [1.807, 2.05) is 13.8 Å². The quantitative estimate of drug-likeness (QED) is 0.697. The first-order chi connectivity index (χ1) is 6.56. The van der Waals surface area contributed by atoms with Gasteiger partial charge in [-0.25, -0.2) is 4.79 Å². The Labute approximate surface area is 86.8 Å². The van der Waals surface area contributed by atoms with Gasteiger partial charge in [-0.3, -0.25) is 0 Å². The van der Waals surface area contributed by atoms with Gasteiger partial charge in [0.2, 0.25) is 0 Å². The smallest absolute Gasteiger partial charge is 0.317 e. The number of hydrogen-bond donors (Lipinski definition) is 2. The maximum atomic E-state index is 11.6. The van der Waals surface area contributed by atoms with E-state index in [0.29, 0.717) is 12.5 Å². The van der Waals surface area contributed by atoms with Crippen LogP contribution in [0.5, 0.6) is 0 Å². The lowest BCUT2D eigenvalue weighted by atomic mass is 10.1. The van der Waals surface area contributed by atoms with Gasteiger partial charge in [-0.1, -0.05) is 13.8 Å². The molecular formula is C10H23N3O. The van der Waals surface area contributed by atoms with Crippen molar-refractivity contribution in [2.45, 2.75) is 33.7 Å². The Bertz CT molecular complexity index is 167. The van der Waals surface area contributed by atoms with Crippen LogP contribution in [-0.4, -0.2) is 36.6 Å². The highest BCUT2D eigenvalue weighted by Crippen LogP contribution is 2.00. The largest absolute Gasteiger partial charge is 0.334 e. The van der Waals surface area contributed by atoms with Gasteiger partial charge in [-0.15, -0.1) is 0 Å². The second-order valence-electron chi connectivity index (χ2n) is 3.71. The standard InChI is InChI=1S/C10H23N3O/c1-5-13(6-2)10(14)12-9(7-11)8(3)4/h8-9H,5-7,11H2,1-4H3,(H,12,14). The highest BCUT2D eigenvalue weighted by molar-refractivity contribution is 5.74. The summed E-state index contributed by atoms with van der Waals surface area (Å²) in [6.45, 7) is 10.0. The number of carbonyl (C=O) groups excluding carboxylic acids is 1. The third-order valence-electron chi connectivity index (χ3n) is 2.42. The van der Waals surface area contributed by atoms with Crippen molar-refractivity contribution < 1.29 is 4.79 Å². The number of amides is 2. The van der Waals surface area contributed by atoms with Gasteiger partial charge in [-0.2, -0.15) is 0 Å². The van der Waals surface area contributed by atoms with E-state index in [-0.39, 0.29) is 12.1 Å². The lowest BCUT2D eigenvalue weighted by Gasteiger charge is -2.25. The number of carbonyl (C=O) groups is 1. The van der Waals surface area contributed by atoms with E-state index in [1.54, 1.807) is 4.90 Å². The lowest BCUT2D eigenvalue weighted by molar-refractivity contribution is 0.195. The lowest BCUT2D eigenvalue weighted by Crippen LogP contribution is -2.49. The Hall–Kier alpha value is -0.770. The molecule has 4 heteroatoms. The SMILES string of the molecule is CCN(CC)C(=O)NC(CN)C(C)C. The molecule has 0 aliphatic carbocycles. The summed E-state index contributed by atoms with van der Waals surface area (Å²) in [6.07, 6.45) is 0. The fourth-order valence-electron chi connectivity index (χ4n) is 1.26. The minimum atomic E-state index is -0.0147. The molecule has 2 amide bonds. The molecule has 3 N–H and O–H groups in total. The minimum absolute atomic E-state index is 0.0147. The van der Waals surface area contributed by atoms with Crippen LogP contribution >= 0.6 is 0 Å². The summed E-state index contributed by atoms with van der Waals surface area (Å²) in [5, 5.41) is 2.93. The average molecular weight is 201 g/mol. The summed E-state index contributed by atoms with van der Waals surface area (Å²) in [6, 6.07) is 0.0576. The fourth-order valence-corrected chi connectivity index (χ4v) is 1.26. The van der Waals surface area contributed by atoms with Crippen molar-refractivity contribution in [3.05, 3.63) is 0 Å². The fraction of sp³-hybridized carbons (Fsp3) is 0.900. The van der Waals surface area contributed by atoms with Crippen LogP contribution in [0.2, 0.25) is 0 Å². The first-order valence-corrected chi connectivity index (χ1v) is 5.32. The van der Waals surface area contributed by atoms with Gasteiger partial charge in [0.15, 0.2) is 0 Å². The van der Waals surface area contributed by atoms with Crippen LogP contribution in [0.25, 0.3) is 0 Å². The summed E-state index contributed by atoms with van der Waals surface area (Å²) in [5.74, 6) is 0.375. The molecule has 0 aromatic rings. The Kier molecular flexibility index (Phi) is 6.28. The van der Waals surface area contributed by atoms with Crippen LogP contribution < -0.4 is 11.1 Å². The second-order valence-corrected chi connectivity index (χ2v) is 3.71. The molecule has 0 aromatic heterocycles. The van der Waals surface area contributed by atoms with Gasteiger partial charge < -0.3 is 16.0 Å². The van der Waals surface area contributed by atoms with Gasteiger partial charge in [0.1, 0.15) is 0 Å². The molecule has 0 fully saturated rings. The van der Waals surface area contributed by atoms with E-state index in [2.05, 4.69) is 19.2 Å². The Morgan fingerprint density at radius 1 is 1.36 bits per heavy atom. The molecule has 1 unspecified atom stereocenters. The van der Waals surface area contributed by atoms with Crippen LogP contribution in [0.4, 0.5) is 4.79 Å². The van der Waals surface area contributed by atoms with Gasteiger partial charge in [0.05, 0.1) is 0 Å². The average Bonchev–Trinajstić information content (AvgIpc) is 2.15. The third-order valence-corrected chi connectivity index (χ3v) is 2.42. The maximum absolute atomic E-state index is 11.6. The zero-order chi connectivity index (χ0) is 11.1. The molecular weight excluding hydrogens is 178 g/mol. The molecule has 4 nitrogen and oxygen atoms in total. The zero-order valence-corrected chi connectivity index (χ0v) is 9.71. The minimum Gasteiger partial charge on any atom is -0.334 e. The molecule has 14 heavy (non-hydrogen) atoms. The monoisotopic (exact) mass is 201 g/mol. The first kappa shape index (κ1) is 13.2. The number of nitrogens with zero attached hydrogens (tertiary/aromatic N) is 1. The number of urea groups is 1. The van der Waals surface area contributed by atoms with Gasteiger partial charge in [0, 0.05) is 25.7 Å². The van der Waals surface area contributed by atoms with E-state index in [9.17, 15) is 4.79 Å². The summed E-state index contributed by atoms with van der Waals surface area (Å²) in [5.41, 5.74) is 5.57. The molecule has 0 saturated heterocycles. The summed E-state index contributed by atoms with van der Waals surface area (Å²) in [4.78, 5) is 13.4. The van der Waals surface area contributed by atoms with Gasteiger partial charge in [-0.05, 0) is 19.8 Å². The van der Waals surface area contributed by atoms with Crippen LogP contribution in [0.1, 0.15) is 27.7 Å². The van der Waals surface area contributed by atoms with Gasteiger partial charge in [0.25, 0.3) is 0 Å². The van der Waals surface area contributed by atoms with Gasteiger partial charge >= 0.3 is 6.03 Å². The first-order valence-electron chi connectivity index (χ1n) is 5.32. The van der Waals surface area contributed by atoms with Crippen molar-refractivity contribution in [1.29, 1.82) is 0 Å². The number of nitrogens with one attached hydrogen (secondary N) is 1. The molecule has 84 valence electrons. The zero-order valence-electron chi connectivity index (χ0n) is 9.71. The molecule has 0 heterocycles. The van der Waals surface area contributed by atoms with Crippen LogP contribution in [0, 0.1) is 5.92 Å². The Balaban J connectivity index is 4.13. The molecule has 0 radical (unpaired) electrons. The van der Waals surface area contributed by atoms with Crippen LogP contribution in [0.15, 0.2) is 0 Å². The summed E-state index contributed by atoms with van der Waals surface area (Å²) in [7, 11) is 0. The van der Waals surface area contributed by atoms with E-state index in [4.69, 9.17) is 5.73 Å². The number of rotatable bonds is 5. The molecule has 0 spiro atoms. The molecule has 0 saturated carbocycles. The second kappa shape index (κ2) is 6.65. The van der Waals surface area contributed by atoms with Crippen molar-refractivity contribution >= 4 is 6.03 Å². The highest BCUT2D eigenvalue weighted by atomic mass is 16.2. The maximum Gasteiger partial charge on any atom is 0.317 e. The van der Waals surface area contributed by atoms with E-state index >= 15 is 0 Å². The van der Waals surface area contributed by atoms with Crippen molar-refractivity contribution in [2.75, 3.05) is 19.6 Å². The van der Waals surface area contributed by atoms with Crippen molar-refractivity contribution in [3.63, 3.8) is 0 Å². The molecule has 1 atom stereocenters. The van der Waals surface area contributed by atoms with E-state index in [0.717, 1.165) is 13.1 Å². The predicted molar refractivity (Wildman–Crippen MR) is 59.1 cm³/mol. The topological polar surface area (TPSA) is 58.4 Å². The Morgan fingerprint density at radius 2 is 1.86 bits per heavy atom. The molecule has 0 aromatic carbocycles. The Morgan fingerprint density at radius 3 is 2.14 bits per heavy atom. The molecule has 0 rings (SSSR count). The van der Waals surface area contributed by atoms with Crippen molar-refractivity contribution in [3.8, 4) is 0 Å². The highest BCUT2D eigenvalue weighted by Gasteiger charge is 2.16. The van der Waals surface area contributed by atoms with Crippen molar-refractivity contribution in [1.82, 2.24) is 10.2 Å². The predicted octanol–water partition coefficient (Wildman–Crippen LogP) is 1.02. The molecule has 0 aliphatic rings. The molecule has 0 aliphatic heterocycles. The van der Waals surface area contributed by atoms with E-state index in [1.165, 1.54) is 0 Å². The third kappa shape index (κ3) is 3.96. The summed E-state index contributed by atoms with van der Waals surface area (Å²) < 4.78 is 0. The summed E-state index contributed by atoms with van der Waals surface area (Å²) >= 11 is 0. The normalized spacial score (nSPS) is 12.7. The van der Waals surface area contributed by atoms with E-state index < -0.39 is 0 Å². The molecule has 0 bridgehead atoms. The number of nitrogens with two attached hydrogens (primary N) is 1. The number of hydrogen-bond acceptors (Lipinski definition) is 2. The van der Waals surface area contributed by atoms with Crippen LogP contribution in [-0.2, 0) is 0 Å². The van der Waals surface area contributed by atoms with Crippen molar-refractivity contribution in [2.24, 2.45) is 11.7 Å². The van der Waals surface area contributed by atoms with Crippen LogP contribution in [0.3, 0.4) is 0 Å².